The SMILES string of the molecule is CC(C)(CNC(=O)c1ccc(Cl)o1)NS(C)(=O)=O. The largest absolute Gasteiger partial charge is 0.440 e. The Bertz CT molecular complexity index is 536. The molecular formula is C10H15ClN2O4S. The lowest BCUT2D eigenvalue weighted by Crippen LogP contribution is -2.50. The van der Waals surface area contributed by atoms with Gasteiger partial charge in [0.1, 0.15) is 0 Å². The first-order chi connectivity index (χ1) is 8.09. The summed E-state index contributed by atoms with van der Waals surface area (Å²) in [6.07, 6.45) is 1.06. The molecule has 0 saturated heterocycles. The Balaban J connectivity index is 2.57. The lowest BCUT2D eigenvalue weighted by atomic mass is 10.1. The van der Waals surface area contributed by atoms with E-state index in [2.05, 4.69) is 10.0 Å². The van der Waals surface area contributed by atoms with Crippen molar-refractivity contribution in [2.24, 2.45) is 0 Å². The van der Waals surface area contributed by atoms with Crippen LogP contribution in [0.2, 0.25) is 5.22 Å². The average molecular weight is 295 g/mol. The van der Waals surface area contributed by atoms with Crippen LogP contribution in [0.15, 0.2) is 16.5 Å². The zero-order valence-corrected chi connectivity index (χ0v) is 11.9. The minimum Gasteiger partial charge on any atom is -0.440 e. The molecule has 1 aromatic rings. The van der Waals surface area contributed by atoms with Crippen LogP contribution in [0, 0.1) is 0 Å². The standard InChI is InChI=1S/C10H15ClN2O4S/c1-10(2,13-18(3,15)16)6-12-9(14)7-4-5-8(11)17-7/h4-5,13H,6H2,1-3H3,(H,12,14). The van der Waals surface area contributed by atoms with E-state index in [0.717, 1.165) is 6.26 Å². The second-order valence-corrected chi connectivity index (χ2v) is 6.67. The van der Waals surface area contributed by atoms with Gasteiger partial charge in [0.15, 0.2) is 11.0 Å². The maximum atomic E-state index is 11.6. The van der Waals surface area contributed by atoms with Gasteiger partial charge in [-0.15, -0.1) is 0 Å². The van der Waals surface area contributed by atoms with Gasteiger partial charge in [-0.2, -0.15) is 0 Å². The lowest BCUT2D eigenvalue weighted by molar-refractivity contribution is 0.0917. The molecular weight excluding hydrogens is 280 g/mol. The highest BCUT2D eigenvalue weighted by atomic mass is 35.5. The first-order valence-electron chi connectivity index (χ1n) is 5.11. The van der Waals surface area contributed by atoms with Crippen LogP contribution in [0.5, 0.6) is 0 Å². The van der Waals surface area contributed by atoms with E-state index in [1.54, 1.807) is 13.8 Å². The first kappa shape index (κ1) is 15.0. The van der Waals surface area contributed by atoms with Crippen LogP contribution in [0.4, 0.5) is 0 Å². The molecule has 0 aliphatic rings. The maximum Gasteiger partial charge on any atom is 0.287 e. The summed E-state index contributed by atoms with van der Waals surface area (Å²) >= 11 is 5.54. The molecule has 0 aromatic carbocycles. The summed E-state index contributed by atoms with van der Waals surface area (Å²) in [5.74, 6) is -0.375. The quantitative estimate of drug-likeness (QED) is 0.847. The van der Waals surface area contributed by atoms with Crippen molar-refractivity contribution in [3.8, 4) is 0 Å². The summed E-state index contributed by atoms with van der Waals surface area (Å²) in [6.45, 7) is 3.43. The monoisotopic (exact) mass is 294 g/mol. The zero-order chi connectivity index (χ0) is 14.0. The minimum atomic E-state index is -3.34. The Morgan fingerprint density at radius 1 is 1.44 bits per heavy atom. The molecule has 6 nitrogen and oxygen atoms in total. The van der Waals surface area contributed by atoms with Gasteiger partial charge in [0, 0.05) is 12.1 Å². The predicted octanol–water partition coefficient (Wildman–Crippen LogP) is 0.991. The molecule has 0 saturated carbocycles. The van der Waals surface area contributed by atoms with E-state index < -0.39 is 21.5 Å². The van der Waals surface area contributed by atoms with Crippen molar-refractivity contribution in [2.75, 3.05) is 12.8 Å². The molecule has 0 unspecified atom stereocenters. The summed E-state index contributed by atoms with van der Waals surface area (Å²) in [4.78, 5) is 11.6. The molecule has 0 aliphatic heterocycles. The van der Waals surface area contributed by atoms with Crippen molar-refractivity contribution in [3.05, 3.63) is 23.1 Å². The Kier molecular flexibility index (Phi) is 4.41. The average Bonchev–Trinajstić information content (AvgIpc) is 2.57. The van der Waals surface area contributed by atoms with Crippen LogP contribution in [0.3, 0.4) is 0 Å². The molecule has 0 spiro atoms. The smallest absolute Gasteiger partial charge is 0.287 e. The normalized spacial score (nSPS) is 12.4. The Hall–Kier alpha value is -1.05. The summed E-state index contributed by atoms with van der Waals surface area (Å²) in [7, 11) is -3.34. The number of halogens is 1. The highest BCUT2D eigenvalue weighted by Gasteiger charge is 2.23. The molecule has 0 radical (unpaired) electrons. The topological polar surface area (TPSA) is 88.4 Å². The maximum absolute atomic E-state index is 11.6. The van der Waals surface area contributed by atoms with Gasteiger partial charge in [-0.25, -0.2) is 13.1 Å². The van der Waals surface area contributed by atoms with Crippen molar-refractivity contribution >= 4 is 27.5 Å². The minimum absolute atomic E-state index is 0.0788. The Morgan fingerprint density at radius 2 is 2.06 bits per heavy atom. The summed E-state index contributed by atoms with van der Waals surface area (Å²) in [5, 5.41) is 2.68. The molecule has 1 heterocycles. The van der Waals surface area contributed by atoms with E-state index in [1.165, 1.54) is 12.1 Å². The summed E-state index contributed by atoms with van der Waals surface area (Å²) < 4.78 is 29.5. The number of carbonyl (C=O) groups is 1. The molecule has 102 valence electrons. The van der Waals surface area contributed by atoms with Gasteiger partial charge in [-0.05, 0) is 37.6 Å². The van der Waals surface area contributed by atoms with E-state index in [0.29, 0.717) is 0 Å². The number of carbonyl (C=O) groups excluding carboxylic acids is 1. The molecule has 1 rings (SSSR count). The van der Waals surface area contributed by atoms with E-state index in [4.69, 9.17) is 16.0 Å². The number of sulfonamides is 1. The van der Waals surface area contributed by atoms with E-state index in [1.807, 2.05) is 0 Å². The third kappa shape index (κ3) is 5.07. The van der Waals surface area contributed by atoms with Crippen molar-refractivity contribution in [3.63, 3.8) is 0 Å². The van der Waals surface area contributed by atoms with Crippen LogP contribution >= 0.6 is 11.6 Å². The second kappa shape index (κ2) is 5.29. The third-order valence-electron chi connectivity index (χ3n) is 1.95. The summed E-state index contributed by atoms with van der Waals surface area (Å²) in [5.41, 5.74) is -0.792. The fourth-order valence-electron chi connectivity index (χ4n) is 1.36. The molecule has 18 heavy (non-hydrogen) atoms. The number of amides is 1. The van der Waals surface area contributed by atoms with E-state index in [9.17, 15) is 13.2 Å². The Labute approximate surface area is 111 Å². The second-order valence-electron chi connectivity index (χ2n) is 4.54. The van der Waals surface area contributed by atoms with Crippen LogP contribution in [-0.2, 0) is 10.0 Å². The molecule has 0 bridgehead atoms. The molecule has 0 atom stereocenters. The number of hydrogen-bond acceptors (Lipinski definition) is 4. The molecule has 0 aliphatic carbocycles. The van der Waals surface area contributed by atoms with Gasteiger partial charge in [0.2, 0.25) is 10.0 Å². The van der Waals surface area contributed by atoms with Crippen molar-refractivity contribution < 1.29 is 17.6 Å². The third-order valence-corrected chi connectivity index (χ3v) is 3.08. The van der Waals surface area contributed by atoms with Crippen LogP contribution < -0.4 is 10.0 Å². The van der Waals surface area contributed by atoms with E-state index in [-0.39, 0.29) is 17.5 Å². The van der Waals surface area contributed by atoms with Crippen molar-refractivity contribution in [1.82, 2.24) is 10.0 Å². The molecule has 1 aromatic heterocycles. The van der Waals surface area contributed by atoms with Crippen LogP contribution in [-0.4, -0.2) is 32.7 Å². The van der Waals surface area contributed by atoms with Crippen LogP contribution in [0.25, 0.3) is 0 Å². The number of nitrogens with one attached hydrogen (secondary N) is 2. The van der Waals surface area contributed by atoms with Crippen LogP contribution in [0.1, 0.15) is 24.4 Å². The van der Waals surface area contributed by atoms with Crippen molar-refractivity contribution in [2.45, 2.75) is 19.4 Å². The molecule has 1 amide bonds. The summed E-state index contributed by atoms with van der Waals surface area (Å²) in [6, 6.07) is 2.89. The lowest BCUT2D eigenvalue weighted by Gasteiger charge is -2.24. The fourth-order valence-corrected chi connectivity index (χ4v) is 2.58. The van der Waals surface area contributed by atoms with Gasteiger partial charge in [0.05, 0.1) is 6.26 Å². The highest BCUT2D eigenvalue weighted by molar-refractivity contribution is 7.88. The molecule has 8 heteroatoms. The first-order valence-corrected chi connectivity index (χ1v) is 7.38. The number of hydrogen-bond donors (Lipinski definition) is 2. The fraction of sp³-hybridized carbons (Fsp3) is 0.500. The number of rotatable bonds is 5. The highest BCUT2D eigenvalue weighted by Crippen LogP contribution is 2.13. The Morgan fingerprint density at radius 3 is 2.50 bits per heavy atom. The van der Waals surface area contributed by atoms with Gasteiger partial charge >= 0.3 is 0 Å². The van der Waals surface area contributed by atoms with Gasteiger partial charge < -0.3 is 9.73 Å². The molecule has 2 N–H and O–H groups in total. The predicted molar refractivity (Wildman–Crippen MR) is 68.1 cm³/mol. The zero-order valence-electron chi connectivity index (χ0n) is 10.3. The van der Waals surface area contributed by atoms with Crippen molar-refractivity contribution in [1.29, 1.82) is 0 Å². The van der Waals surface area contributed by atoms with E-state index >= 15 is 0 Å². The van der Waals surface area contributed by atoms with Gasteiger partial charge in [0.25, 0.3) is 5.91 Å². The van der Waals surface area contributed by atoms with Gasteiger partial charge in [-0.3, -0.25) is 4.79 Å². The van der Waals surface area contributed by atoms with Gasteiger partial charge in [-0.1, -0.05) is 0 Å². The molecule has 0 fully saturated rings. The number of furan rings is 1.